The number of hydrogen-bond acceptors (Lipinski definition) is 3. The molecule has 1 aliphatic rings. The van der Waals surface area contributed by atoms with Crippen molar-refractivity contribution < 1.29 is 14.7 Å². The van der Waals surface area contributed by atoms with E-state index >= 15 is 0 Å². The van der Waals surface area contributed by atoms with Crippen molar-refractivity contribution >= 4 is 11.9 Å². The molecule has 1 N–H and O–H groups in total. The zero-order valence-corrected chi connectivity index (χ0v) is 14.3. The number of nitrogens with zero attached hydrogens (tertiary/aromatic N) is 2. The quantitative estimate of drug-likeness (QED) is 0.931. The summed E-state index contributed by atoms with van der Waals surface area (Å²) in [6, 6.07) is 14.1. The van der Waals surface area contributed by atoms with Crippen LogP contribution in [0.25, 0.3) is 11.1 Å². The first kappa shape index (κ1) is 17.2. The lowest BCUT2D eigenvalue weighted by Gasteiger charge is -2.34. The second-order valence-electron chi connectivity index (χ2n) is 6.12. The van der Waals surface area contributed by atoms with Gasteiger partial charge in [-0.1, -0.05) is 43.3 Å². The van der Waals surface area contributed by atoms with E-state index in [9.17, 15) is 14.7 Å². The Morgan fingerprint density at radius 2 is 1.40 bits per heavy atom. The zero-order valence-electron chi connectivity index (χ0n) is 14.3. The Morgan fingerprint density at radius 3 is 1.96 bits per heavy atom. The van der Waals surface area contributed by atoms with Crippen LogP contribution in [-0.2, 0) is 0 Å². The maximum absolute atomic E-state index is 13.0. The Labute approximate surface area is 147 Å². The number of benzene rings is 2. The first-order chi connectivity index (χ1) is 12.1. The standard InChI is InChI=1S/C20H22N2O3/c1-2-21-11-13-22(14-12-21)19(23)17-9-5-3-7-15(17)16-8-4-6-10-18(16)20(24)25/h3-10H,2,11-14H2,1H3,(H,24,25). The fourth-order valence-electron chi connectivity index (χ4n) is 3.25. The number of aromatic carboxylic acids is 1. The molecule has 2 aromatic carbocycles. The maximum Gasteiger partial charge on any atom is 0.336 e. The van der Waals surface area contributed by atoms with Gasteiger partial charge >= 0.3 is 5.97 Å². The Morgan fingerprint density at radius 1 is 0.880 bits per heavy atom. The minimum atomic E-state index is -0.991. The molecule has 5 heteroatoms. The number of carboxylic acid groups (broad SMARTS) is 1. The summed E-state index contributed by atoms with van der Waals surface area (Å²) in [6.45, 7) is 6.25. The van der Waals surface area contributed by atoms with Crippen LogP contribution in [0.3, 0.4) is 0 Å². The Kier molecular flexibility index (Phi) is 5.14. The van der Waals surface area contributed by atoms with E-state index in [0.29, 0.717) is 29.8 Å². The molecule has 1 fully saturated rings. The van der Waals surface area contributed by atoms with E-state index in [1.807, 2.05) is 23.1 Å². The van der Waals surface area contributed by atoms with E-state index in [4.69, 9.17) is 0 Å². The predicted octanol–water partition coefficient (Wildman–Crippen LogP) is 2.83. The molecule has 130 valence electrons. The maximum atomic E-state index is 13.0. The Bertz CT molecular complexity index is 780. The summed E-state index contributed by atoms with van der Waals surface area (Å²) in [5.41, 5.74) is 2.01. The number of hydrogen-bond donors (Lipinski definition) is 1. The SMILES string of the molecule is CCN1CCN(C(=O)c2ccccc2-c2ccccc2C(=O)O)CC1. The van der Waals surface area contributed by atoms with Crippen molar-refractivity contribution in [1.29, 1.82) is 0 Å². The number of amides is 1. The van der Waals surface area contributed by atoms with E-state index in [0.717, 1.165) is 19.6 Å². The average Bonchev–Trinajstić information content (AvgIpc) is 2.67. The molecule has 1 aliphatic heterocycles. The summed E-state index contributed by atoms with van der Waals surface area (Å²) in [4.78, 5) is 28.7. The van der Waals surface area contributed by atoms with Gasteiger partial charge < -0.3 is 14.9 Å². The Hall–Kier alpha value is -2.66. The van der Waals surface area contributed by atoms with E-state index in [2.05, 4.69) is 11.8 Å². The third kappa shape index (κ3) is 3.56. The number of likely N-dealkylation sites (N-methyl/N-ethyl adjacent to an activating group) is 1. The molecule has 2 aromatic rings. The van der Waals surface area contributed by atoms with Crippen LogP contribution in [0.2, 0.25) is 0 Å². The van der Waals surface area contributed by atoms with Gasteiger partial charge in [-0.2, -0.15) is 0 Å². The van der Waals surface area contributed by atoms with Crippen LogP contribution >= 0.6 is 0 Å². The number of rotatable bonds is 4. The van der Waals surface area contributed by atoms with Crippen molar-refractivity contribution in [3.05, 3.63) is 59.7 Å². The van der Waals surface area contributed by atoms with Crippen LogP contribution in [0.4, 0.5) is 0 Å². The lowest BCUT2D eigenvalue weighted by molar-refractivity contribution is 0.0642. The van der Waals surface area contributed by atoms with E-state index < -0.39 is 5.97 Å². The molecule has 1 amide bonds. The third-order valence-corrected chi connectivity index (χ3v) is 4.71. The average molecular weight is 338 g/mol. The van der Waals surface area contributed by atoms with Gasteiger partial charge in [0.1, 0.15) is 0 Å². The molecule has 3 rings (SSSR count). The number of carbonyl (C=O) groups excluding carboxylic acids is 1. The lowest BCUT2D eigenvalue weighted by Crippen LogP contribution is -2.48. The molecular weight excluding hydrogens is 316 g/mol. The molecule has 0 unspecified atom stereocenters. The van der Waals surface area contributed by atoms with Crippen LogP contribution in [0.5, 0.6) is 0 Å². The minimum Gasteiger partial charge on any atom is -0.478 e. The fraction of sp³-hybridized carbons (Fsp3) is 0.300. The van der Waals surface area contributed by atoms with Crippen LogP contribution in [0.15, 0.2) is 48.5 Å². The van der Waals surface area contributed by atoms with Gasteiger partial charge in [-0.05, 0) is 29.8 Å². The monoisotopic (exact) mass is 338 g/mol. The van der Waals surface area contributed by atoms with Crippen molar-refractivity contribution in [2.24, 2.45) is 0 Å². The third-order valence-electron chi connectivity index (χ3n) is 4.71. The highest BCUT2D eigenvalue weighted by atomic mass is 16.4. The van der Waals surface area contributed by atoms with E-state index in [1.54, 1.807) is 30.3 Å². The fourth-order valence-corrected chi connectivity index (χ4v) is 3.25. The summed E-state index contributed by atoms with van der Waals surface area (Å²) >= 11 is 0. The Balaban J connectivity index is 1.95. The topological polar surface area (TPSA) is 60.9 Å². The van der Waals surface area contributed by atoms with Gasteiger partial charge in [-0.3, -0.25) is 4.79 Å². The predicted molar refractivity (Wildman–Crippen MR) is 96.9 cm³/mol. The first-order valence-electron chi connectivity index (χ1n) is 8.55. The lowest BCUT2D eigenvalue weighted by atomic mass is 9.94. The van der Waals surface area contributed by atoms with Crippen LogP contribution in [0.1, 0.15) is 27.6 Å². The van der Waals surface area contributed by atoms with Crippen LogP contribution < -0.4 is 0 Å². The van der Waals surface area contributed by atoms with Crippen molar-refractivity contribution in [2.75, 3.05) is 32.7 Å². The van der Waals surface area contributed by atoms with Gasteiger partial charge in [0, 0.05) is 31.7 Å². The highest BCUT2D eigenvalue weighted by Crippen LogP contribution is 2.28. The molecule has 0 radical (unpaired) electrons. The largest absolute Gasteiger partial charge is 0.478 e. The molecular formula is C20H22N2O3. The van der Waals surface area contributed by atoms with Gasteiger partial charge in [0.05, 0.1) is 5.56 Å². The summed E-state index contributed by atoms with van der Waals surface area (Å²) in [5.74, 6) is -1.03. The van der Waals surface area contributed by atoms with E-state index in [1.165, 1.54) is 0 Å². The van der Waals surface area contributed by atoms with Crippen molar-refractivity contribution in [2.45, 2.75) is 6.92 Å². The number of piperazine rings is 1. The molecule has 0 spiro atoms. The summed E-state index contributed by atoms with van der Waals surface area (Å²) in [5, 5.41) is 9.46. The first-order valence-corrected chi connectivity index (χ1v) is 8.55. The molecule has 1 saturated heterocycles. The van der Waals surface area contributed by atoms with Gasteiger partial charge in [-0.25, -0.2) is 4.79 Å². The molecule has 0 aliphatic carbocycles. The highest BCUT2D eigenvalue weighted by Gasteiger charge is 2.24. The summed E-state index contributed by atoms with van der Waals surface area (Å²) in [6.07, 6.45) is 0. The smallest absolute Gasteiger partial charge is 0.336 e. The molecule has 1 heterocycles. The molecule has 5 nitrogen and oxygen atoms in total. The van der Waals surface area contributed by atoms with Crippen molar-refractivity contribution in [1.82, 2.24) is 9.80 Å². The summed E-state index contributed by atoms with van der Waals surface area (Å²) < 4.78 is 0. The molecule has 0 saturated carbocycles. The van der Waals surface area contributed by atoms with Crippen molar-refractivity contribution in [3.63, 3.8) is 0 Å². The zero-order chi connectivity index (χ0) is 17.8. The highest BCUT2D eigenvalue weighted by molar-refractivity contribution is 6.04. The minimum absolute atomic E-state index is 0.0356. The number of carbonyl (C=O) groups is 2. The molecule has 0 aromatic heterocycles. The molecule has 25 heavy (non-hydrogen) atoms. The second-order valence-corrected chi connectivity index (χ2v) is 6.12. The normalized spacial score (nSPS) is 15.2. The molecule has 0 bridgehead atoms. The van der Waals surface area contributed by atoms with Crippen molar-refractivity contribution in [3.8, 4) is 11.1 Å². The summed E-state index contributed by atoms with van der Waals surface area (Å²) in [7, 11) is 0. The van der Waals surface area contributed by atoms with Gasteiger partial charge in [0.2, 0.25) is 0 Å². The number of carboxylic acids is 1. The van der Waals surface area contributed by atoms with E-state index in [-0.39, 0.29) is 11.5 Å². The van der Waals surface area contributed by atoms with Crippen LogP contribution in [-0.4, -0.2) is 59.5 Å². The second kappa shape index (κ2) is 7.49. The van der Waals surface area contributed by atoms with Crippen LogP contribution in [0, 0.1) is 0 Å². The van der Waals surface area contributed by atoms with Gasteiger partial charge in [0.25, 0.3) is 5.91 Å². The van der Waals surface area contributed by atoms with Gasteiger partial charge in [-0.15, -0.1) is 0 Å². The van der Waals surface area contributed by atoms with Gasteiger partial charge in [0.15, 0.2) is 0 Å². The molecule has 0 atom stereocenters.